The van der Waals surface area contributed by atoms with E-state index < -0.39 is 10.0 Å². The first kappa shape index (κ1) is 13.8. The van der Waals surface area contributed by atoms with Gasteiger partial charge in [0.2, 0.25) is 10.0 Å². The van der Waals surface area contributed by atoms with Gasteiger partial charge in [-0.05, 0) is 32.0 Å². The van der Waals surface area contributed by atoms with Crippen molar-refractivity contribution < 1.29 is 13.2 Å². The van der Waals surface area contributed by atoms with E-state index in [-0.39, 0.29) is 10.7 Å². The number of nitrogens with one attached hydrogen (secondary N) is 1. The highest BCUT2D eigenvalue weighted by Crippen LogP contribution is 2.10. The molecule has 94 valence electrons. The van der Waals surface area contributed by atoms with Gasteiger partial charge in [-0.1, -0.05) is 12.1 Å². The molecule has 6 heteroatoms. The van der Waals surface area contributed by atoms with E-state index in [0.29, 0.717) is 25.1 Å². The lowest BCUT2D eigenvalue weighted by atomic mass is 10.2. The predicted octanol–water partition coefficient (Wildman–Crippen LogP) is 0.516. The molecule has 0 unspecified atom stereocenters. The number of Topliss-reactive ketones (excluding diaryl/α,β-unsaturated/α-hetero) is 1. The number of rotatable bonds is 6. The number of carbonyl (C=O) groups is 1. The second kappa shape index (κ2) is 5.90. The minimum absolute atomic E-state index is 0.0926. The van der Waals surface area contributed by atoms with Crippen LogP contribution in [0.2, 0.25) is 0 Å². The molecule has 1 rings (SSSR count). The number of ketones is 1. The first-order valence-corrected chi connectivity index (χ1v) is 6.76. The van der Waals surface area contributed by atoms with E-state index in [1.54, 1.807) is 0 Å². The van der Waals surface area contributed by atoms with Gasteiger partial charge in [-0.25, -0.2) is 13.1 Å². The van der Waals surface area contributed by atoms with Crippen LogP contribution < -0.4 is 10.5 Å². The molecule has 0 saturated carbocycles. The van der Waals surface area contributed by atoms with Gasteiger partial charge in [0.1, 0.15) is 0 Å². The number of benzene rings is 1. The Morgan fingerprint density at radius 3 is 2.35 bits per heavy atom. The van der Waals surface area contributed by atoms with E-state index in [1.165, 1.54) is 31.2 Å². The van der Waals surface area contributed by atoms with Crippen molar-refractivity contribution in [1.82, 2.24) is 4.72 Å². The number of carbonyl (C=O) groups excluding carboxylic acids is 1. The molecule has 0 aliphatic heterocycles. The zero-order chi connectivity index (χ0) is 12.9. The molecule has 3 N–H and O–H groups in total. The van der Waals surface area contributed by atoms with Crippen LogP contribution in [0.1, 0.15) is 23.7 Å². The third kappa shape index (κ3) is 3.92. The van der Waals surface area contributed by atoms with Gasteiger partial charge >= 0.3 is 0 Å². The van der Waals surface area contributed by atoms with Crippen LogP contribution in [0.15, 0.2) is 29.2 Å². The second-order valence-corrected chi connectivity index (χ2v) is 5.39. The minimum Gasteiger partial charge on any atom is -0.330 e. The summed E-state index contributed by atoms with van der Waals surface area (Å²) < 4.78 is 25.9. The molecule has 5 nitrogen and oxygen atoms in total. The predicted molar refractivity (Wildman–Crippen MR) is 65.3 cm³/mol. The Bertz CT molecular complexity index is 480. The van der Waals surface area contributed by atoms with E-state index in [0.717, 1.165) is 0 Å². The molecule has 0 saturated heterocycles. The fraction of sp³-hybridized carbons (Fsp3) is 0.364. The fourth-order valence-corrected chi connectivity index (χ4v) is 2.33. The van der Waals surface area contributed by atoms with E-state index in [9.17, 15) is 13.2 Å². The third-order valence-electron chi connectivity index (χ3n) is 2.24. The molecule has 0 atom stereocenters. The topological polar surface area (TPSA) is 89.3 Å². The Kier molecular flexibility index (Phi) is 4.80. The summed E-state index contributed by atoms with van der Waals surface area (Å²) in [5.41, 5.74) is 5.77. The lowest BCUT2D eigenvalue weighted by Crippen LogP contribution is -2.26. The van der Waals surface area contributed by atoms with Crippen molar-refractivity contribution in [2.24, 2.45) is 5.73 Å². The molecule has 17 heavy (non-hydrogen) atoms. The van der Waals surface area contributed by atoms with E-state index in [2.05, 4.69) is 4.72 Å². The number of nitrogens with two attached hydrogens (primary N) is 1. The van der Waals surface area contributed by atoms with Crippen molar-refractivity contribution >= 4 is 15.8 Å². The highest BCUT2D eigenvalue weighted by Gasteiger charge is 2.13. The minimum atomic E-state index is -3.49. The number of sulfonamides is 1. The Morgan fingerprint density at radius 1 is 1.29 bits per heavy atom. The van der Waals surface area contributed by atoms with Gasteiger partial charge < -0.3 is 5.73 Å². The van der Waals surface area contributed by atoms with Gasteiger partial charge in [-0.15, -0.1) is 0 Å². The average Bonchev–Trinajstić information content (AvgIpc) is 2.29. The Morgan fingerprint density at radius 2 is 1.88 bits per heavy atom. The number of hydrogen-bond acceptors (Lipinski definition) is 4. The molecule has 0 heterocycles. The van der Waals surface area contributed by atoms with Crippen LogP contribution in [-0.2, 0) is 10.0 Å². The lowest BCUT2D eigenvalue weighted by molar-refractivity contribution is 0.101. The first-order valence-electron chi connectivity index (χ1n) is 5.28. The molecular formula is C11H16N2O3S. The monoisotopic (exact) mass is 256 g/mol. The van der Waals surface area contributed by atoms with Crippen LogP contribution in [0.5, 0.6) is 0 Å². The van der Waals surface area contributed by atoms with Crippen molar-refractivity contribution in [2.45, 2.75) is 18.2 Å². The molecule has 0 aromatic heterocycles. The SMILES string of the molecule is CC(=O)c1ccc(S(=O)(=O)NCCCN)cc1. The Hall–Kier alpha value is -1.24. The summed E-state index contributed by atoms with van der Waals surface area (Å²) in [5, 5.41) is 0. The standard InChI is InChI=1S/C11H16N2O3S/c1-9(14)10-3-5-11(6-4-10)17(15,16)13-8-2-7-12/h3-6,13H,2,7-8,12H2,1H3. The van der Waals surface area contributed by atoms with E-state index in [4.69, 9.17) is 5.73 Å². The molecule has 0 aliphatic carbocycles. The zero-order valence-electron chi connectivity index (χ0n) is 9.64. The molecule has 0 fully saturated rings. The molecule has 1 aromatic rings. The maximum Gasteiger partial charge on any atom is 0.240 e. The van der Waals surface area contributed by atoms with Gasteiger partial charge in [0, 0.05) is 12.1 Å². The van der Waals surface area contributed by atoms with Crippen molar-refractivity contribution in [2.75, 3.05) is 13.1 Å². The van der Waals surface area contributed by atoms with E-state index in [1.807, 2.05) is 0 Å². The van der Waals surface area contributed by atoms with Gasteiger partial charge in [0.15, 0.2) is 5.78 Å². The van der Waals surface area contributed by atoms with Gasteiger partial charge in [-0.2, -0.15) is 0 Å². The van der Waals surface area contributed by atoms with Crippen LogP contribution in [0.25, 0.3) is 0 Å². The summed E-state index contributed by atoms with van der Waals surface area (Å²) in [4.78, 5) is 11.2. The quantitative estimate of drug-likeness (QED) is 0.573. The average molecular weight is 256 g/mol. The molecule has 0 radical (unpaired) electrons. The Labute approximate surface area is 101 Å². The van der Waals surface area contributed by atoms with Crippen molar-refractivity contribution in [3.8, 4) is 0 Å². The summed E-state index contributed by atoms with van der Waals surface area (Å²) in [6, 6.07) is 5.84. The summed E-state index contributed by atoms with van der Waals surface area (Å²) in [6.07, 6.45) is 0.588. The highest BCUT2D eigenvalue weighted by atomic mass is 32.2. The second-order valence-electron chi connectivity index (χ2n) is 3.62. The smallest absolute Gasteiger partial charge is 0.240 e. The lowest BCUT2D eigenvalue weighted by Gasteiger charge is -2.06. The molecule has 1 aromatic carbocycles. The van der Waals surface area contributed by atoms with Gasteiger partial charge in [0.25, 0.3) is 0 Å². The van der Waals surface area contributed by atoms with Crippen molar-refractivity contribution in [3.05, 3.63) is 29.8 Å². The largest absolute Gasteiger partial charge is 0.330 e. The van der Waals surface area contributed by atoms with E-state index >= 15 is 0 Å². The maximum atomic E-state index is 11.8. The molecule has 0 spiro atoms. The summed E-state index contributed by atoms with van der Waals surface area (Å²) >= 11 is 0. The molecule has 0 aliphatic rings. The summed E-state index contributed by atoms with van der Waals surface area (Å²) in [7, 11) is -3.49. The van der Waals surface area contributed by atoms with Gasteiger partial charge in [-0.3, -0.25) is 4.79 Å². The van der Waals surface area contributed by atoms with Crippen LogP contribution in [0.4, 0.5) is 0 Å². The van der Waals surface area contributed by atoms with Gasteiger partial charge in [0.05, 0.1) is 4.90 Å². The van der Waals surface area contributed by atoms with Crippen molar-refractivity contribution in [3.63, 3.8) is 0 Å². The van der Waals surface area contributed by atoms with Crippen LogP contribution >= 0.6 is 0 Å². The van der Waals surface area contributed by atoms with Crippen LogP contribution in [0.3, 0.4) is 0 Å². The fourth-order valence-electron chi connectivity index (χ4n) is 1.26. The summed E-state index contributed by atoms with van der Waals surface area (Å²) in [6.45, 7) is 2.18. The van der Waals surface area contributed by atoms with Crippen LogP contribution in [0, 0.1) is 0 Å². The number of hydrogen-bond donors (Lipinski definition) is 2. The molecule has 0 bridgehead atoms. The third-order valence-corrected chi connectivity index (χ3v) is 3.72. The highest BCUT2D eigenvalue weighted by molar-refractivity contribution is 7.89. The normalized spacial score (nSPS) is 11.4. The maximum absolute atomic E-state index is 11.8. The Balaban J connectivity index is 2.81. The first-order chi connectivity index (χ1) is 7.97. The van der Waals surface area contributed by atoms with Crippen LogP contribution in [-0.4, -0.2) is 27.3 Å². The van der Waals surface area contributed by atoms with Crippen molar-refractivity contribution in [1.29, 1.82) is 0 Å². The zero-order valence-corrected chi connectivity index (χ0v) is 10.5. The molecular weight excluding hydrogens is 240 g/mol. The molecule has 0 amide bonds. The summed E-state index contributed by atoms with van der Waals surface area (Å²) in [5.74, 6) is -0.0926.